The number of fused-ring (bicyclic) bond motifs is 1. The SMILES string of the molecule is COCCN1C[C@@H](NC(=O)Nc2c(C)c(-c3cnc4c(cnn4C)c3)nn2-c2ccccc2)C(c2ccnc(F)c2)O1. The molecule has 5 heterocycles. The number of carbonyl (C=O) groups excluding carboxylic acids is 1. The molecule has 4 aromatic heterocycles. The van der Waals surface area contributed by atoms with E-state index in [0.717, 1.165) is 27.8 Å². The van der Waals surface area contributed by atoms with Crippen LogP contribution in [0.5, 0.6) is 0 Å². The van der Waals surface area contributed by atoms with E-state index in [0.29, 0.717) is 36.8 Å². The van der Waals surface area contributed by atoms with Crippen molar-refractivity contribution in [3.8, 4) is 16.9 Å². The van der Waals surface area contributed by atoms with E-state index < -0.39 is 24.1 Å². The van der Waals surface area contributed by atoms with E-state index in [1.807, 2.05) is 50.4 Å². The predicted octanol–water partition coefficient (Wildman–Crippen LogP) is 3.79. The number of aryl methyl sites for hydroxylation is 1. The third-order valence-electron chi connectivity index (χ3n) is 7.17. The van der Waals surface area contributed by atoms with Crippen LogP contribution in [0.4, 0.5) is 15.0 Å². The maximum Gasteiger partial charge on any atom is 0.320 e. The van der Waals surface area contributed by atoms with Gasteiger partial charge in [0.25, 0.3) is 0 Å². The van der Waals surface area contributed by atoms with Crippen molar-refractivity contribution in [2.45, 2.75) is 19.1 Å². The van der Waals surface area contributed by atoms with Gasteiger partial charge in [0, 0.05) is 56.2 Å². The van der Waals surface area contributed by atoms with Gasteiger partial charge in [0.2, 0.25) is 5.95 Å². The number of halogens is 1. The van der Waals surface area contributed by atoms with Gasteiger partial charge >= 0.3 is 6.03 Å². The fourth-order valence-corrected chi connectivity index (χ4v) is 5.10. The summed E-state index contributed by atoms with van der Waals surface area (Å²) in [7, 11) is 3.44. The Morgan fingerprint density at radius 1 is 1.17 bits per heavy atom. The average molecular weight is 572 g/mol. The summed E-state index contributed by atoms with van der Waals surface area (Å²) in [6.45, 7) is 3.20. The van der Waals surface area contributed by atoms with Crippen LogP contribution in [0.25, 0.3) is 28.0 Å². The van der Waals surface area contributed by atoms with Crippen LogP contribution in [-0.4, -0.2) is 73.5 Å². The molecule has 0 spiro atoms. The largest absolute Gasteiger partial charge is 0.383 e. The fraction of sp³-hybridized carbons (Fsp3) is 0.276. The molecule has 216 valence electrons. The number of para-hydroxylation sites is 1. The predicted molar refractivity (Wildman–Crippen MR) is 153 cm³/mol. The number of hydrogen-bond acceptors (Lipinski definition) is 8. The highest BCUT2D eigenvalue weighted by atomic mass is 19.1. The number of urea groups is 1. The van der Waals surface area contributed by atoms with Gasteiger partial charge in [0.15, 0.2) is 5.65 Å². The van der Waals surface area contributed by atoms with E-state index in [9.17, 15) is 9.18 Å². The Hall–Kier alpha value is -4.72. The molecule has 0 bridgehead atoms. The molecule has 1 fully saturated rings. The summed E-state index contributed by atoms with van der Waals surface area (Å²) in [6.07, 6.45) is 4.27. The Morgan fingerprint density at radius 3 is 2.79 bits per heavy atom. The smallest absolute Gasteiger partial charge is 0.320 e. The highest BCUT2D eigenvalue weighted by Crippen LogP contribution is 2.32. The summed E-state index contributed by atoms with van der Waals surface area (Å²) in [4.78, 5) is 27.8. The number of amides is 2. The fourth-order valence-electron chi connectivity index (χ4n) is 5.10. The summed E-state index contributed by atoms with van der Waals surface area (Å²) in [5, 5.41) is 17.8. The van der Waals surface area contributed by atoms with E-state index in [1.165, 1.54) is 12.3 Å². The number of nitrogens with one attached hydrogen (secondary N) is 2. The van der Waals surface area contributed by atoms with Gasteiger partial charge in [-0.05, 0) is 42.8 Å². The van der Waals surface area contributed by atoms with Crippen molar-refractivity contribution in [1.29, 1.82) is 0 Å². The minimum atomic E-state index is -0.622. The van der Waals surface area contributed by atoms with Gasteiger partial charge < -0.3 is 10.1 Å². The zero-order chi connectivity index (χ0) is 29.2. The standard InChI is InChI=1S/C29H30FN9O3/c1-18-25(20-13-21-16-33-37(2)28(21)32-15-20)36-39(22-7-5-4-6-8-22)27(18)35-29(40)34-23-17-38(11-12-41-3)42-26(23)19-9-10-31-24(30)14-19/h4-10,13-16,23,26H,11-12,17H2,1-3H3,(H2,34,35,40)/t23-,26?/m1/s1. The summed E-state index contributed by atoms with van der Waals surface area (Å²) < 4.78 is 22.5. The van der Waals surface area contributed by atoms with Gasteiger partial charge in [0.1, 0.15) is 11.9 Å². The number of anilines is 1. The molecule has 1 unspecified atom stereocenters. The van der Waals surface area contributed by atoms with Crippen LogP contribution in [0.1, 0.15) is 17.2 Å². The maximum atomic E-state index is 14.0. The van der Waals surface area contributed by atoms with E-state index in [4.69, 9.17) is 14.7 Å². The topological polar surface area (TPSA) is 124 Å². The molecule has 1 aliphatic heterocycles. The van der Waals surface area contributed by atoms with Crippen molar-refractivity contribution in [3.05, 3.63) is 84.2 Å². The second-order valence-corrected chi connectivity index (χ2v) is 10.00. The van der Waals surface area contributed by atoms with Gasteiger partial charge in [-0.2, -0.15) is 19.7 Å². The van der Waals surface area contributed by atoms with Crippen molar-refractivity contribution >= 4 is 22.9 Å². The molecule has 2 atom stereocenters. The lowest BCUT2D eigenvalue weighted by atomic mass is 10.0. The molecule has 0 radical (unpaired) electrons. The molecule has 0 saturated carbocycles. The molecule has 2 amide bonds. The molecule has 42 heavy (non-hydrogen) atoms. The zero-order valence-corrected chi connectivity index (χ0v) is 23.4. The molecule has 12 nitrogen and oxygen atoms in total. The minimum Gasteiger partial charge on any atom is -0.383 e. The summed E-state index contributed by atoms with van der Waals surface area (Å²) in [6, 6.07) is 13.6. The van der Waals surface area contributed by atoms with Gasteiger partial charge in [-0.3, -0.25) is 14.8 Å². The highest BCUT2D eigenvalue weighted by molar-refractivity contribution is 5.91. The molecule has 5 aromatic rings. The van der Waals surface area contributed by atoms with Crippen molar-refractivity contribution in [2.75, 3.05) is 32.1 Å². The molecule has 1 saturated heterocycles. The van der Waals surface area contributed by atoms with Gasteiger partial charge in [-0.15, -0.1) is 0 Å². The zero-order valence-electron chi connectivity index (χ0n) is 23.4. The molecular weight excluding hydrogens is 541 g/mol. The Bertz CT molecular complexity index is 1720. The third kappa shape index (κ3) is 5.44. The first kappa shape index (κ1) is 27.4. The van der Waals surface area contributed by atoms with E-state index in [1.54, 1.807) is 40.0 Å². The van der Waals surface area contributed by atoms with Crippen LogP contribution in [0.15, 0.2) is 67.1 Å². The lowest BCUT2D eigenvalue weighted by molar-refractivity contribution is -0.154. The Labute approximate surface area is 241 Å². The molecule has 2 N–H and O–H groups in total. The molecule has 6 rings (SSSR count). The van der Waals surface area contributed by atoms with Gasteiger partial charge in [-0.25, -0.2) is 19.4 Å². The van der Waals surface area contributed by atoms with Crippen LogP contribution in [0, 0.1) is 12.9 Å². The quantitative estimate of drug-likeness (QED) is 0.270. The Morgan fingerprint density at radius 2 is 2.00 bits per heavy atom. The molecule has 0 aliphatic carbocycles. The van der Waals surface area contributed by atoms with Crippen LogP contribution in [0.2, 0.25) is 0 Å². The normalized spacial score (nSPS) is 17.1. The monoisotopic (exact) mass is 571 g/mol. The van der Waals surface area contributed by atoms with E-state index in [2.05, 4.69) is 25.7 Å². The number of ether oxygens (including phenoxy) is 1. The van der Waals surface area contributed by atoms with E-state index >= 15 is 0 Å². The molecule has 1 aliphatic rings. The van der Waals surface area contributed by atoms with Crippen molar-refractivity contribution in [3.63, 3.8) is 0 Å². The number of aromatic nitrogens is 6. The van der Waals surface area contributed by atoms with Crippen LogP contribution < -0.4 is 10.6 Å². The number of hydroxylamine groups is 2. The second-order valence-electron chi connectivity index (χ2n) is 10.00. The molecule has 1 aromatic carbocycles. The number of carbonyl (C=O) groups is 1. The summed E-state index contributed by atoms with van der Waals surface area (Å²) in [5.41, 5.74) is 4.34. The summed E-state index contributed by atoms with van der Waals surface area (Å²) in [5.74, 6) is -0.120. The van der Waals surface area contributed by atoms with Crippen molar-refractivity contribution in [2.24, 2.45) is 7.05 Å². The highest BCUT2D eigenvalue weighted by Gasteiger charge is 2.37. The number of benzene rings is 1. The third-order valence-corrected chi connectivity index (χ3v) is 7.17. The van der Waals surface area contributed by atoms with Gasteiger partial charge in [0.05, 0.1) is 30.2 Å². The first-order valence-corrected chi connectivity index (χ1v) is 13.4. The van der Waals surface area contributed by atoms with Crippen LogP contribution >= 0.6 is 0 Å². The average Bonchev–Trinajstić information content (AvgIpc) is 3.67. The number of pyridine rings is 2. The van der Waals surface area contributed by atoms with Gasteiger partial charge in [-0.1, -0.05) is 18.2 Å². The maximum absolute atomic E-state index is 14.0. The lowest BCUT2D eigenvalue weighted by Gasteiger charge is -2.19. The number of hydrogen-bond donors (Lipinski definition) is 2. The molecule has 13 heteroatoms. The minimum absolute atomic E-state index is 0.379. The number of rotatable bonds is 8. The number of methoxy groups -OCH3 is 1. The first-order chi connectivity index (χ1) is 20.4. The van der Waals surface area contributed by atoms with E-state index in [-0.39, 0.29) is 0 Å². The Balaban J connectivity index is 1.30. The van der Waals surface area contributed by atoms with Crippen molar-refractivity contribution < 1.29 is 18.8 Å². The molecular formula is C29H30FN9O3. The number of nitrogens with zero attached hydrogens (tertiary/aromatic N) is 7. The van der Waals surface area contributed by atoms with Crippen LogP contribution in [-0.2, 0) is 16.6 Å². The lowest BCUT2D eigenvalue weighted by Crippen LogP contribution is -2.42. The second kappa shape index (κ2) is 11.6. The first-order valence-electron chi connectivity index (χ1n) is 13.4. The Kier molecular flexibility index (Phi) is 7.61. The van der Waals surface area contributed by atoms with Crippen molar-refractivity contribution in [1.82, 2.24) is 39.9 Å². The van der Waals surface area contributed by atoms with Crippen LogP contribution in [0.3, 0.4) is 0 Å². The summed E-state index contributed by atoms with van der Waals surface area (Å²) >= 11 is 0.